The van der Waals surface area contributed by atoms with Crippen LogP contribution in [0, 0.1) is 17.3 Å². The lowest BCUT2D eigenvalue weighted by molar-refractivity contribution is -0.114. The number of fused-ring (bicyclic) bond motifs is 5. The Kier molecular flexibility index (Phi) is 4.90. The number of hydrogen-bond acceptors (Lipinski definition) is 3. The lowest BCUT2D eigenvalue weighted by Crippen LogP contribution is -2.52. The number of carbonyl (C=O) groups is 1. The largest absolute Gasteiger partial charge is 0.370 e. The lowest BCUT2D eigenvalue weighted by atomic mass is 9.50. The minimum atomic E-state index is -0.135. The third-order valence-electron chi connectivity index (χ3n) is 9.70. The van der Waals surface area contributed by atoms with Crippen LogP contribution in [-0.4, -0.2) is 24.2 Å². The molecule has 0 radical (unpaired) electrons. The van der Waals surface area contributed by atoms with E-state index in [4.69, 9.17) is 4.74 Å². The summed E-state index contributed by atoms with van der Waals surface area (Å²) in [6.45, 7) is 7.90. The number of carbonyl (C=O) groups excluding carboxylic acids is 1. The molecule has 3 heteroatoms. The Morgan fingerprint density at radius 2 is 1.91 bits per heavy atom. The molecule has 1 spiro atoms. The van der Waals surface area contributed by atoms with E-state index in [1.165, 1.54) is 40.0 Å². The highest BCUT2D eigenvalue weighted by Gasteiger charge is 2.65. The van der Waals surface area contributed by atoms with Crippen molar-refractivity contribution in [3.05, 3.63) is 64.8 Å². The minimum absolute atomic E-state index is 0.129. The second-order valence-corrected chi connectivity index (χ2v) is 11.7. The van der Waals surface area contributed by atoms with Gasteiger partial charge in [-0.05, 0) is 104 Å². The van der Waals surface area contributed by atoms with Crippen LogP contribution in [0.2, 0.25) is 0 Å². The normalized spacial score (nSPS) is 38.6. The molecule has 3 fully saturated rings. The van der Waals surface area contributed by atoms with Gasteiger partial charge in [-0.1, -0.05) is 31.2 Å². The molecule has 2 saturated carbocycles. The van der Waals surface area contributed by atoms with Gasteiger partial charge >= 0.3 is 0 Å². The summed E-state index contributed by atoms with van der Waals surface area (Å²) in [5, 5.41) is 0. The monoisotopic (exact) mass is 446 g/mol. The molecule has 168 valence electrons. The zero-order valence-corrected chi connectivity index (χ0v) is 20.2. The van der Waals surface area contributed by atoms with Crippen LogP contribution in [-0.2, 0) is 9.53 Å². The van der Waals surface area contributed by atoms with Crippen molar-refractivity contribution in [3.8, 4) is 0 Å². The van der Waals surface area contributed by atoms with E-state index in [0.29, 0.717) is 30.0 Å². The van der Waals surface area contributed by atoms with Gasteiger partial charge in [0.05, 0.1) is 12.2 Å². The van der Waals surface area contributed by atoms with Gasteiger partial charge in [-0.25, -0.2) is 0 Å². The van der Waals surface area contributed by atoms with Crippen molar-refractivity contribution >= 4 is 17.5 Å². The minimum Gasteiger partial charge on any atom is -0.370 e. The topological polar surface area (TPSA) is 26.3 Å². The molecule has 1 saturated heterocycles. The summed E-state index contributed by atoms with van der Waals surface area (Å²) in [7, 11) is 0. The number of rotatable bonds is 2. The molecule has 0 N–H and O–H groups in total. The quantitative estimate of drug-likeness (QED) is 0.360. The van der Waals surface area contributed by atoms with Crippen molar-refractivity contribution in [1.82, 2.24) is 0 Å². The third kappa shape index (κ3) is 2.80. The van der Waals surface area contributed by atoms with Gasteiger partial charge in [0.1, 0.15) is 0 Å². The third-order valence-corrected chi connectivity index (χ3v) is 10.4. The first kappa shape index (κ1) is 21.0. The van der Waals surface area contributed by atoms with Gasteiger partial charge in [0.25, 0.3) is 0 Å². The molecular weight excluding hydrogens is 412 g/mol. The SMILES string of the molecule is C=C1CCO[C@]12CC[C@H]1[C@@H]3CCC4=CC(=O)CCC4=C3[C@@H](c3ccc(SC)cc3)C[C@@]12C. The smallest absolute Gasteiger partial charge is 0.156 e. The van der Waals surface area contributed by atoms with Crippen molar-refractivity contribution in [1.29, 1.82) is 0 Å². The number of ketones is 1. The van der Waals surface area contributed by atoms with E-state index in [1.807, 2.05) is 6.08 Å². The van der Waals surface area contributed by atoms with E-state index in [0.717, 1.165) is 38.7 Å². The fraction of sp³-hybridized carbons (Fsp3) is 0.552. The van der Waals surface area contributed by atoms with Crippen LogP contribution in [0.1, 0.15) is 69.8 Å². The number of allylic oxidation sites excluding steroid dienone is 4. The highest BCUT2D eigenvalue weighted by atomic mass is 32.2. The van der Waals surface area contributed by atoms with Crippen LogP contribution in [0.5, 0.6) is 0 Å². The highest BCUT2D eigenvalue weighted by Crippen LogP contribution is 2.70. The van der Waals surface area contributed by atoms with Gasteiger partial charge in [0, 0.05) is 22.6 Å². The van der Waals surface area contributed by atoms with Crippen LogP contribution in [0.25, 0.3) is 0 Å². The Labute approximate surface area is 196 Å². The van der Waals surface area contributed by atoms with E-state index < -0.39 is 0 Å². The fourth-order valence-corrected chi connectivity index (χ4v) is 8.66. The van der Waals surface area contributed by atoms with Crippen molar-refractivity contribution in [2.24, 2.45) is 17.3 Å². The first-order valence-electron chi connectivity index (χ1n) is 12.4. The zero-order chi connectivity index (χ0) is 22.1. The van der Waals surface area contributed by atoms with E-state index in [9.17, 15) is 4.79 Å². The predicted octanol–water partition coefficient (Wildman–Crippen LogP) is 7.02. The Morgan fingerprint density at radius 1 is 1.09 bits per heavy atom. The first-order chi connectivity index (χ1) is 15.5. The number of benzene rings is 1. The lowest BCUT2D eigenvalue weighted by Gasteiger charge is -2.55. The summed E-state index contributed by atoms with van der Waals surface area (Å²) in [5.74, 6) is 1.99. The molecule has 32 heavy (non-hydrogen) atoms. The zero-order valence-electron chi connectivity index (χ0n) is 19.4. The second kappa shape index (κ2) is 7.46. The van der Waals surface area contributed by atoms with Crippen LogP contribution < -0.4 is 0 Å². The average Bonchev–Trinajstić information content (AvgIpc) is 3.33. The molecule has 4 aliphatic carbocycles. The predicted molar refractivity (Wildman–Crippen MR) is 131 cm³/mol. The first-order valence-corrected chi connectivity index (χ1v) is 13.6. The van der Waals surface area contributed by atoms with Gasteiger partial charge in [0.2, 0.25) is 0 Å². The molecule has 0 amide bonds. The molecular formula is C29H34O2S. The van der Waals surface area contributed by atoms with E-state index in [-0.39, 0.29) is 11.0 Å². The Balaban J connectivity index is 1.52. The van der Waals surface area contributed by atoms with E-state index >= 15 is 0 Å². The number of thioether (sulfide) groups is 1. The second-order valence-electron chi connectivity index (χ2n) is 10.8. The van der Waals surface area contributed by atoms with Gasteiger partial charge < -0.3 is 4.74 Å². The molecule has 0 aromatic heterocycles. The van der Waals surface area contributed by atoms with Crippen molar-refractivity contribution in [3.63, 3.8) is 0 Å². The molecule has 1 aromatic rings. The van der Waals surface area contributed by atoms with E-state index in [2.05, 4.69) is 44.0 Å². The molecule has 1 aliphatic heterocycles. The molecule has 5 aliphatic rings. The average molecular weight is 447 g/mol. The highest BCUT2D eigenvalue weighted by molar-refractivity contribution is 7.98. The molecule has 2 nitrogen and oxygen atoms in total. The Morgan fingerprint density at radius 3 is 2.62 bits per heavy atom. The molecule has 0 bridgehead atoms. The summed E-state index contributed by atoms with van der Waals surface area (Å²) in [6.07, 6.45) is 12.5. The maximum atomic E-state index is 12.2. The van der Waals surface area contributed by atoms with Crippen LogP contribution >= 0.6 is 11.8 Å². The molecule has 0 unspecified atom stereocenters. The Hall–Kier alpha value is -1.58. The summed E-state index contributed by atoms with van der Waals surface area (Å²) in [4.78, 5) is 13.5. The Bertz CT molecular complexity index is 1050. The van der Waals surface area contributed by atoms with E-state index in [1.54, 1.807) is 17.3 Å². The van der Waals surface area contributed by atoms with Crippen molar-refractivity contribution in [2.75, 3.05) is 12.9 Å². The molecule has 6 rings (SSSR count). The molecule has 1 aromatic carbocycles. The van der Waals surface area contributed by atoms with Crippen LogP contribution in [0.4, 0.5) is 0 Å². The molecule has 5 atom stereocenters. The maximum absolute atomic E-state index is 12.2. The summed E-state index contributed by atoms with van der Waals surface area (Å²) < 4.78 is 6.63. The van der Waals surface area contributed by atoms with Crippen molar-refractivity contribution < 1.29 is 9.53 Å². The van der Waals surface area contributed by atoms with Gasteiger partial charge in [0.15, 0.2) is 5.78 Å². The maximum Gasteiger partial charge on any atom is 0.156 e. The van der Waals surface area contributed by atoms with Gasteiger partial charge in [-0.2, -0.15) is 0 Å². The van der Waals surface area contributed by atoms with Crippen LogP contribution in [0.3, 0.4) is 0 Å². The van der Waals surface area contributed by atoms with Gasteiger partial charge in [-0.15, -0.1) is 11.8 Å². The summed E-state index contributed by atoms with van der Waals surface area (Å²) >= 11 is 1.81. The number of hydrogen-bond donors (Lipinski definition) is 0. The molecule has 1 heterocycles. The number of ether oxygens (including phenoxy) is 1. The van der Waals surface area contributed by atoms with Crippen LogP contribution in [0.15, 0.2) is 64.1 Å². The standard InChI is InChI=1S/C29H34O2S/c1-18-13-15-31-29(18)14-12-26-24-10-6-20-16-21(30)7-11-23(20)27(24)25(17-28(26,29)2)19-4-8-22(32-3)9-5-19/h4-5,8-9,16,24-26H,1,6-7,10-15,17H2,2-3H3/t24-,25+,26-,28-,29+/m0/s1. The fourth-order valence-electron chi connectivity index (χ4n) is 8.25. The van der Waals surface area contributed by atoms with Gasteiger partial charge in [-0.3, -0.25) is 4.79 Å². The summed E-state index contributed by atoms with van der Waals surface area (Å²) in [6, 6.07) is 9.30. The summed E-state index contributed by atoms with van der Waals surface area (Å²) in [5.41, 5.74) is 7.34. The van der Waals surface area contributed by atoms with Crippen molar-refractivity contribution in [2.45, 2.75) is 74.7 Å².